The van der Waals surface area contributed by atoms with Crippen LogP contribution in [0.2, 0.25) is 18.1 Å². The van der Waals surface area contributed by atoms with Crippen LogP contribution in [-0.4, -0.2) is 38.9 Å². The van der Waals surface area contributed by atoms with Gasteiger partial charge in [0.15, 0.2) is 6.29 Å². The minimum atomic E-state index is -2.03. The van der Waals surface area contributed by atoms with Gasteiger partial charge in [0.2, 0.25) is 8.32 Å². The van der Waals surface area contributed by atoms with Crippen molar-refractivity contribution in [2.75, 3.05) is 13.2 Å². The number of benzene rings is 2. The number of hydrogen-bond acceptors (Lipinski definition) is 4. The Bertz CT molecular complexity index is 1290. The number of carboxylic acids is 1. The fraction of sp³-hybridized carbons (Fsp3) is 0.583. The lowest BCUT2D eigenvalue weighted by Gasteiger charge is -2.57. The van der Waals surface area contributed by atoms with Crippen LogP contribution in [0.5, 0.6) is 5.75 Å². The van der Waals surface area contributed by atoms with Gasteiger partial charge in [0.25, 0.3) is 0 Å². The largest absolute Gasteiger partial charge is 0.543 e. The molecule has 0 unspecified atom stereocenters. The van der Waals surface area contributed by atoms with Crippen molar-refractivity contribution in [1.82, 2.24) is 0 Å². The first-order valence-electron chi connectivity index (χ1n) is 16.0. The fourth-order valence-electron chi connectivity index (χ4n) is 8.13. The van der Waals surface area contributed by atoms with Crippen molar-refractivity contribution >= 4 is 25.9 Å². The summed E-state index contributed by atoms with van der Waals surface area (Å²) in [5.74, 6) is 2.73. The Balaban J connectivity index is 1.42. The Hall–Kier alpha value is -2.41. The molecule has 2 aromatic rings. The normalized spacial score (nSPS) is 28.2. The topological polar surface area (TPSA) is 65.0 Å². The lowest BCUT2D eigenvalue weighted by Crippen LogP contribution is -2.49. The standard InChI is InChI=1S/C36H48O5Si/c1-35(2,3)42(4,5)41-32-12-7-24(19-31(32)36-21-25-15-26(22-36)17-27(16-25)23-36)18-30(20-33-39-13-6-14-40-33)28-8-10-29(11-9-28)34(37)38/h7-12,18-19,25-27,33H,6,13-17,20-23H2,1-5H3,(H,37,38). The SMILES string of the molecule is CC(C)(C)[Si](C)(C)Oc1ccc(C=C(CC2OCCCO2)c2ccc(C(=O)O)cc2)cc1C12CC3CC(CC(C3)C1)C2. The Morgan fingerprint density at radius 2 is 1.52 bits per heavy atom. The third-order valence-corrected chi connectivity index (χ3v) is 15.3. The first kappa shape index (κ1) is 29.6. The predicted octanol–water partition coefficient (Wildman–Crippen LogP) is 8.93. The van der Waals surface area contributed by atoms with Crippen molar-refractivity contribution in [2.24, 2.45) is 17.8 Å². The van der Waals surface area contributed by atoms with E-state index in [-0.39, 0.29) is 16.7 Å². The molecule has 1 N–H and O–H groups in total. The fourth-order valence-corrected chi connectivity index (χ4v) is 9.17. The lowest BCUT2D eigenvalue weighted by molar-refractivity contribution is -0.174. The van der Waals surface area contributed by atoms with E-state index in [1.165, 1.54) is 44.1 Å². The number of aromatic carboxylic acids is 1. The molecule has 4 saturated carbocycles. The molecule has 4 aliphatic carbocycles. The van der Waals surface area contributed by atoms with Gasteiger partial charge in [0.1, 0.15) is 5.75 Å². The zero-order valence-corrected chi connectivity index (χ0v) is 27.1. The van der Waals surface area contributed by atoms with Gasteiger partial charge in [-0.15, -0.1) is 0 Å². The van der Waals surface area contributed by atoms with Crippen molar-refractivity contribution in [2.45, 2.75) is 102 Å². The molecule has 7 rings (SSSR count). The third-order valence-electron chi connectivity index (χ3n) is 10.9. The first-order chi connectivity index (χ1) is 19.9. The van der Waals surface area contributed by atoms with Crippen LogP contribution >= 0.6 is 0 Å². The van der Waals surface area contributed by atoms with Crippen molar-refractivity contribution in [3.63, 3.8) is 0 Å². The first-order valence-corrected chi connectivity index (χ1v) is 18.9. The van der Waals surface area contributed by atoms with E-state index in [4.69, 9.17) is 13.9 Å². The van der Waals surface area contributed by atoms with Crippen molar-refractivity contribution in [3.05, 3.63) is 64.7 Å². The molecule has 1 heterocycles. The maximum atomic E-state index is 11.5. The average Bonchev–Trinajstić information content (AvgIpc) is 2.92. The highest BCUT2D eigenvalue weighted by Crippen LogP contribution is 2.62. The van der Waals surface area contributed by atoms with E-state index in [0.29, 0.717) is 25.2 Å². The molecule has 4 bridgehead atoms. The second-order valence-electron chi connectivity index (χ2n) is 15.1. The van der Waals surface area contributed by atoms with Gasteiger partial charge in [-0.25, -0.2) is 4.79 Å². The Morgan fingerprint density at radius 3 is 2.07 bits per heavy atom. The number of rotatable bonds is 8. The maximum absolute atomic E-state index is 11.5. The van der Waals surface area contributed by atoms with E-state index in [9.17, 15) is 9.90 Å². The highest BCUT2D eigenvalue weighted by atomic mass is 28.4. The van der Waals surface area contributed by atoms with Gasteiger partial charge in [-0.3, -0.25) is 0 Å². The highest BCUT2D eigenvalue weighted by molar-refractivity contribution is 6.74. The lowest BCUT2D eigenvalue weighted by atomic mass is 9.48. The quantitative estimate of drug-likeness (QED) is 0.246. The summed E-state index contributed by atoms with van der Waals surface area (Å²) >= 11 is 0. The van der Waals surface area contributed by atoms with Gasteiger partial charge in [-0.2, -0.15) is 0 Å². The molecule has 2 aromatic carbocycles. The predicted molar refractivity (Wildman–Crippen MR) is 170 cm³/mol. The van der Waals surface area contributed by atoms with E-state index >= 15 is 0 Å². The number of carboxylic acid groups (broad SMARTS) is 1. The third kappa shape index (κ3) is 6.00. The Morgan fingerprint density at radius 1 is 0.952 bits per heavy atom. The van der Waals surface area contributed by atoms with Crippen LogP contribution in [0, 0.1) is 17.8 Å². The molecule has 0 atom stereocenters. The number of hydrogen-bond donors (Lipinski definition) is 1. The van der Waals surface area contributed by atoms with Crippen LogP contribution in [0.3, 0.4) is 0 Å². The zero-order valence-electron chi connectivity index (χ0n) is 26.1. The van der Waals surface area contributed by atoms with Crippen LogP contribution < -0.4 is 4.43 Å². The van der Waals surface area contributed by atoms with Gasteiger partial charge >= 0.3 is 5.97 Å². The molecule has 0 aromatic heterocycles. The van der Waals surface area contributed by atoms with Crippen LogP contribution in [0.15, 0.2) is 42.5 Å². The summed E-state index contributed by atoms with van der Waals surface area (Å²) in [6.45, 7) is 13.1. The smallest absolute Gasteiger partial charge is 0.335 e. The molecule has 226 valence electrons. The molecule has 0 radical (unpaired) electrons. The van der Waals surface area contributed by atoms with Crippen LogP contribution in [0.25, 0.3) is 11.6 Å². The van der Waals surface area contributed by atoms with Gasteiger partial charge in [-0.1, -0.05) is 45.0 Å². The second-order valence-corrected chi connectivity index (χ2v) is 19.8. The minimum Gasteiger partial charge on any atom is -0.543 e. The summed E-state index contributed by atoms with van der Waals surface area (Å²) in [6.07, 6.45) is 11.6. The number of carbonyl (C=O) groups is 1. The monoisotopic (exact) mass is 588 g/mol. The summed E-state index contributed by atoms with van der Waals surface area (Å²) in [5, 5.41) is 9.58. The van der Waals surface area contributed by atoms with E-state index in [0.717, 1.165) is 46.6 Å². The van der Waals surface area contributed by atoms with E-state index in [1.807, 2.05) is 12.1 Å². The number of ether oxygens (including phenoxy) is 2. The van der Waals surface area contributed by atoms with E-state index in [2.05, 4.69) is 58.1 Å². The van der Waals surface area contributed by atoms with Crippen LogP contribution in [-0.2, 0) is 14.9 Å². The molecule has 42 heavy (non-hydrogen) atoms. The molecule has 5 nitrogen and oxygen atoms in total. The summed E-state index contributed by atoms with van der Waals surface area (Å²) < 4.78 is 19.0. The van der Waals surface area contributed by atoms with Crippen LogP contribution in [0.1, 0.15) is 99.2 Å². The Labute approximate surface area is 252 Å². The molecule has 0 amide bonds. The maximum Gasteiger partial charge on any atom is 0.335 e. The molecule has 1 saturated heterocycles. The van der Waals surface area contributed by atoms with E-state index < -0.39 is 14.3 Å². The van der Waals surface area contributed by atoms with Crippen LogP contribution in [0.4, 0.5) is 0 Å². The molecule has 1 aliphatic heterocycles. The van der Waals surface area contributed by atoms with E-state index in [1.54, 1.807) is 12.1 Å². The average molecular weight is 589 g/mol. The van der Waals surface area contributed by atoms with Gasteiger partial charge in [0.05, 0.1) is 18.8 Å². The molecule has 6 heteroatoms. The molecule has 0 spiro atoms. The van der Waals surface area contributed by atoms with Crippen molar-refractivity contribution < 1.29 is 23.8 Å². The minimum absolute atomic E-state index is 0.125. The highest BCUT2D eigenvalue weighted by Gasteiger charge is 2.53. The Kier molecular flexibility index (Phi) is 7.95. The summed E-state index contributed by atoms with van der Waals surface area (Å²) in [6, 6.07) is 14.1. The van der Waals surface area contributed by atoms with Crippen molar-refractivity contribution in [1.29, 1.82) is 0 Å². The summed E-state index contributed by atoms with van der Waals surface area (Å²) in [5.41, 5.74) is 5.17. The zero-order chi connectivity index (χ0) is 29.7. The summed E-state index contributed by atoms with van der Waals surface area (Å²) in [7, 11) is -2.03. The molecule has 5 fully saturated rings. The molecular weight excluding hydrogens is 540 g/mol. The molecule has 5 aliphatic rings. The molecular formula is C36H48O5Si. The summed E-state index contributed by atoms with van der Waals surface area (Å²) in [4.78, 5) is 11.5. The van der Waals surface area contributed by atoms with Gasteiger partial charge in [-0.05, 0) is 133 Å². The van der Waals surface area contributed by atoms with Gasteiger partial charge < -0.3 is 19.0 Å². The second kappa shape index (κ2) is 11.3. The van der Waals surface area contributed by atoms with Gasteiger partial charge in [0, 0.05) is 6.42 Å². The van der Waals surface area contributed by atoms with Crippen molar-refractivity contribution in [3.8, 4) is 5.75 Å².